The molecule has 5 heteroatoms. The Morgan fingerprint density at radius 1 is 1.00 bits per heavy atom. The van der Waals surface area contributed by atoms with Crippen molar-refractivity contribution in [1.29, 1.82) is 0 Å². The van der Waals surface area contributed by atoms with Crippen molar-refractivity contribution in [3.63, 3.8) is 0 Å². The van der Waals surface area contributed by atoms with Crippen LogP contribution in [0.4, 0.5) is 17.2 Å². The number of pyridine rings is 1. The lowest BCUT2D eigenvalue weighted by Crippen LogP contribution is -2.14. The monoisotopic (exact) mass is 361 g/mol. The molecule has 1 amide bonds. The predicted molar refractivity (Wildman–Crippen MR) is 109 cm³/mol. The van der Waals surface area contributed by atoms with Gasteiger partial charge in [0, 0.05) is 11.9 Å². The van der Waals surface area contributed by atoms with Crippen molar-refractivity contribution < 1.29 is 9.53 Å². The molecule has 0 unspecified atom stereocenters. The zero-order valence-corrected chi connectivity index (χ0v) is 16.0. The summed E-state index contributed by atoms with van der Waals surface area (Å²) in [5, 5.41) is 6.20. The molecule has 0 radical (unpaired) electrons. The first kappa shape index (κ1) is 18.5. The van der Waals surface area contributed by atoms with Crippen molar-refractivity contribution in [3.8, 4) is 5.75 Å². The highest BCUT2D eigenvalue weighted by atomic mass is 16.5. The summed E-state index contributed by atoms with van der Waals surface area (Å²) in [6.07, 6.45) is 1.56. The van der Waals surface area contributed by atoms with Gasteiger partial charge in [0.15, 0.2) is 0 Å². The molecule has 2 aromatic carbocycles. The molecule has 5 nitrogen and oxygen atoms in total. The Morgan fingerprint density at radius 2 is 1.74 bits per heavy atom. The highest BCUT2D eigenvalue weighted by Crippen LogP contribution is 2.28. The first-order valence-electron chi connectivity index (χ1n) is 8.73. The molecular formula is C22H23N3O2. The van der Waals surface area contributed by atoms with Crippen molar-refractivity contribution >= 4 is 23.1 Å². The average molecular weight is 361 g/mol. The molecule has 0 aliphatic carbocycles. The number of hydrogen-bond donors (Lipinski definition) is 2. The van der Waals surface area contributed by atoms with E-state index in [1.165, 1.54) is 0 Å². The molecule has 0 aliphatic heterocycles. The van der Waals surface area contributed by atoms with Crippen molar-refractivity contribution in [2.24, 2.45) is 0 Å². The molecule has 27 heavy (non-hydrogen) atoms. The second-order valence-electron chi connectivity index (χ2n) is 6.48. The summed E-state index contributed by atoms with van der Waals surface area (Å²) in [4.78, 5) is 16.9. The number of carbonyl (C=O) groups excluding carboxylic acids is 1. The number of carbonyl (C=O) groups is 1. The van der Waals surface area contributed by atoms with Gasteiger partial charge in [-0.2, -0.15) is 0 Å². The summed E-state index contributed by atoms with van der Waals surface area (Å²) in [6.45, 7) is 5.96. The van der Waals surface area contributed by atoms with Gasteiger partial charge < -0.3 is 15.4 Å². The van der Waals surface area contributed by atoms with Crippen LogP contribution in [0.2, 0.25) is 0 Å². The van der Waals surface area contributed by atoms with E-state index < -0.39 is 0 Å². The molecule has 1 aromatic heterocycles. The first-order chi connectivity index (χ1) is 13.0. The van der Waals surface area contributed by atoms with Gasteiger partial charge >= 0.3 is 0 Å². The molecule has 2 N–H and O–H groups in total. The second kappa shape index (κ2) is 7.91. The number of para-hydroxylation sites is 1. The summed E-state index contributed by atoms with van der Waals surface area (Å²) in [6, 6.07) is 15.3. The van der Waals surface area contributed by atoms with Crippen LogP contribution in [0.25, 0.3) is 0 Å². The van der Waals surface area contributed by atoms with Crippen LogP contribution < -0.4 is 15.4 Å². The fourth-order valence-electron chi connectivity index (χ4n) is 2.86. The van der Waals surface area contributed by atoms with Gasteiger partial charge in [-0.25, -0.2) is 4.98 Å². The topological polar surface area (TPSA) is 63.2 Å². The second-order valence-corrected chi connectivity index (χ2v) is 6.48. The maximum Gasteiger partial charge on any atom is 0.257 e. The standard InChI is InChI=1S/C22H23N3O2/c1-14-8-10-19(27-4)18(12-14)24-20-11-9-17(13-23-20)22(26)25-21-15(2)6-5-7-16(21)3/h5-13H,1-4H3,(H,23,24)(H,25,26). The van der Waals surface area contributed by atoms with E-state index in [4.69, 9.17) is 4.74 Å². The number of benzene rings is 2. The maximum absolute atomic E-state index is 12.5. The molecule has 0 fully saturated rings. The summed E-state index contributed by atoms with van der Waals surface area (Å²) in [7, 11) is 1.63. The van der Waals surface area contributed by atoms with Gasteiger partial charge in [-0.1, -0.05) is 24.3 Å². The lowest BCUT2D eigenvalue weighted by molar-refractivity contribution is 0.102. The molecule has 0 aliphatic rings. The minimum Gasteiger partial charge on any atom is -0.495 e. The van der Waals surface area contributed by atoms with E-state index in [-0.39, 0.29) is 5.91 Å². The number of nitrogens with zero attached hydrogens (tertiary/aromatic N) is 1. The number of anilines is 3. The molecule has 0 saturated heterocycles. The van der Waals surface area contributed by atoms with Crippen molar-refractivity contribution in [1.82, 2.24) is 4.98 Å². The van der Waals surface area contributed by atoms with E-state index >= 15 is 0 Å². The van der Waals surface area contributed by atoms with Crippen LogP contribution >= 0.6 is 0 Å². The van der Waals surface area contributed by atoms with Gasteiger partial charge in [-0.3, -0.25) is 4.79 Å². The van der Waals surface area contributed by atoms with E-state index in [1.54, 1.807) is 25.4 Å². The van der Waals surface area contributed by atoms with Gasteiger partial charge in [-0.15, -0.1) is 0 Å². The van der Waals surface area contributed by atoms with Crippen LogP contribution in [0.1, 0.15) is 27.0 Å². The van der Waals surface area contributed by atoms with Crippen molar-refractivity contribution in [2.75, 3.05) is 17.7 Å². The molecule has 138 valence electrons. The Morgan fingerprint density at radius 3 is 2.37 bits per heavy atom. The third-order valence-electron chi connectivity index (χ3n) is 4.36. The fourth-order valence-corrected chi connectivity index (χ4v) is 2.86. The number of hydrogen-bond acceptors (Lipinski definition) is 4. The predicted octanol–water partition coefficient (Wildman–Crippen LogP) is 5.01. The van der Waals surface area contributed by atoms with Crippen LogP contribution in [-0.2, 0) is 0 Å². The van der Waals surface area contributed by atoms with Crippen LogP contribution in [0.5, 0.6) is 5.75 Å². The largest absolute Gasteiger partial charge is 0.495 e. The highest BCUT2D eigenvalue weighted by molar-refractivity contribution is 6.05. The summed E-state index contributed by atoms with van der Waals surface area (Å²) in [5.74, 6) is 1.20. The van der Waals surface area contributed by atoms with Crippen LogP contribution in [0.15, 0.2) is 54.7 Å². The summed E-state index contributed by atoms with van der Waals surface area (Å²) < 4.78 is 5.37. The van der Waals surface area contributed by atoms with Crippen molar-refractivity contribution in [2.45, 2.75) is 20.8 Å². The number of rotatable bonds is 5. The number of ether oxygens (including phenoxy) is 1. The first-order valence-corrected chi connectivity index (χ1v) is 8.73. The lowest BCUT2D eigenvalue weighted by atomic mass is 10.1. The zero-order chi connectivity index (χ0) is 19.4. The molecule has 0 atom stereocenters. The van der Waals surface area contributed by atoms with Gasteiger partial charge in [0.25, 0.3) is 5.91 Å². The van der Waals surface area contributed by atoms with E-state index in [1.807, 2.05) is 57.2 Å². The minimum atomic E-state index is -0.181. The summed E-state index contributed by atoms with van der Waals surface area (Å²) in [5.41, 5.74) is 5.34. The van der Waals surface area contributed by atoms with E-state index in [0.29, 0.717) is 11.4 Å². The smallest absolute Gasteiger partial charge is 0.257 e. The highest BCUT2D eigenvalue weighted by Gasteiger charge is 2.11. The molecule has 0 saturated carbocycles. The average Bonchev–Trinajstić information content (AvgIpc) is 2.65. The Labute approximate surface area is 159 Å². The fraction of sp³-hybridized carbons (Fsp3) is 0.182. The Bertz CT molecular complexity index is 946. The molecule has 0 bridgehead atoms. The Balaban J connectivity index is 1.76. The third-order valence-corrected chi connectivity index (χ3v) is 4.36. The van der Waals surface area contributed by atoms with E-state index in [9.17, 15) is 4.79 Å². The van der Waals surface area contributed by atoms with Crippen LogP contribution in [-0.4, -0.2) is 18.0 Å². The number of aryl methyl sites for hydroxylation is 3. The number of aromatic nitrogens is 1. The third kappa shape index (κ3) is 4.26. The Hall–Kier alpha value is -3.34. The molecule has 1 heterocycles. The van der Waals surface area contributed by atoms with Crippen LogP contribution in [0, 0.1) is 20.8 Å². The molecule has 3 aromatic rings. The normalized spacial score (nSPS) is 10.4. The Kier molecular flexibility index (Phi) is 5.41. The lowest BCUT2D eigenvalue weighted by Gasteiger charge is -2.13. The SMILES string of the molecule is COc1ccc(C)cc1Nc1ccc(C(=O)Nc2c(C)cccc2C)cn1. The summed E-state index contributed by atoms with van der Waals surface area (Å²) >= 11 is 0. The van der Waals surface area contributed by atoms with Crippen molar-refractivity contribution in [3.05, 3.63) is 77.0 Å². The zero-order valence-electron chi connectivity index (χ0n) is 16.0. The number of methoxy groups -OCH3 is 1. The quantitative estimate of drug-likeness (QED) is 0.670. The van der Waals surface area contributed by atoms with Crippen LogP contribution in [0.3, 0.4) is 0 Å². The number of amides is 1. The minimum absolute atomic E-state index is 0.181. The van der Waals surface area contributed by atoms with E-state index in [0.717, 1.165) is 33.8 Å². The van der Waals surface area contributed by atoms with Gasteiger partial charge in [0.05, 0.1) is 18.4 Å². The van der Waals surface area contributed by atoms with E-state index in [2.05, 4.69) is 15.6 Å². The number of nitrogens with one attached hydrogen (secondary N) is 2. The molecule has 3 rings (SSSR count). The maximum atomic E-state index is 12.5. The van der Waals surface area contributed by atoms with Gasteiger partial charge in [0.2, 0.25) is 0 Å². The van der Waals surface area contributed by atoms with Gasteiger partial charge in [0.1, 0.15) is 11.6 Å². The molecule has 0 spiro atoms. The van der Waals surface area contributed by atoms with Gasteiger partial charge in [-0.05, 0) is 61.7 Å². The molecular weight excluding hydrogens is 338 g/mol.